The molecule has 11 nitrogen and oxygen atoms in total. The van der Waals surface area contributed by atoms with Gasteiger partial charge in [0.05, 0.1) is 30.2 Å². The molecule has 5 N–H and O–H groups in total. The number of nitrogens with one attached hydrogen (secondary N) is 5. The Morgan fingerprint density at radius 2 is 1.89 bits per heavy atom. The van der Waals surface area contributed by atoms with Crippen LogP contribution >= 0.6 is 11.6 Å². The molecule has 0 spiro atoms. The minimum atomic E-state index is -0.489. The number of hydrogen-bond donors (Lipinski definition) is 5. The summed E-state index contributed by atoms with van der Waals surface area (Å²) in [5.41, 5.74) is 1.87. The second-order valence-electron chi connectivity index (χ2n) is 7.52. The first-order valence-corrected chi connectivity index (χ1v) is 11.1. The van der Waals surface area contributed by atoms with Crippen LogP contribution in [0.3, 0.4) is 0 Å². The van der Waals surface area contributed by atoms with Gasteiger partial charge in [0.2, 0.25) is 11.9 Å². The number of aromatic nitrogens is 2. The molecule has 3 amide bonds. The predicted octanol–water partition coefficient (Wildman–Crippen LogP) is 3.22. The van der Waals surface area contributed by atoms with E-state index in [-0.39, 0.29) is 47.0 Å². The largest absolute Gasteiger partial charge is 0.495 e. The topological polar surface area (TPSA) is 146 Å². The molecule has 12 heteroatoms. The monoisotopic (exact) mass is 507 g/mol. The number of halogens is 1. The van der Waals surface area contributed by atoms with E-state index < -0.39 is 11.8 Å². The molecule has 0 atom stereocenters. The molecular formula is C24H22ClN7O4. The lowest BCUT2D eigenvalue weighted by molar-refractivity contribution is -0.111. The standard InChI is InChI=1S/C24H22ClN7O4/c1-3-20(33)30-18-11-14-5-6-15(18)23(35)27-9-8-26-22(34)13-4-7-17(19(10-13)36-2)31-24-28-12-16(25)21(29-14)32-24/h3-7,10-12H,1,8-9H2,2H3,(H,26,34)(H,27,35)(H,30,33)(H2,28,29,31,32). The predicted molar refractivity (Wildman–Crippen MR) is 137 cm³/mol. The lowest BCUT2D eigenvalue weighted by Gasteiger charge is -2.14. The van der Waals surface area contributed by atoms with Crippen LogP contribution in [0.5, 0.6) is 5.75 Å². The van der Waals surface area contributed by atoms with Crippen molar-refractivity contribution in [3.63, 3.8) is 0 Å². The zero-order valence-electron chi connectivity index (χ0n) is 19.1. The van der Waals surface area contributed by atoms with E-state index >= 15 is 0 Å². The van der Waals surface area contributed by atoms with Gasteiger partial charge >= 0.3 is 0 Å². The Bertz CT molecular complexity index is 1360. The molecule has 0 saturated heterocycles. The van der Waals surface area contributed by atoms with Crippen molar-refractivity contribution >= 4 is 58.2 Å². The molecule has 5 heterocycles. The number of nitrogens with zero attached hydrogens (tertiary/aromatic N) is 2. The fourth-order valence-corrected chi connectivity index (χ4v) is 3.50. The van der Waals surface area contributed by atoms with Gasteiger partial charge in [-0.05, 0) is 42.5 Å². The molecule has 0 fully saturated rings. The van der Waals surface area contributed by atoms with E-state index in [0.717, 1.165) is 6.08 Å². The van der Waals surface area contributed by atoms with E-state index in [1.807, 2.05) is 0 Å². The van der Waals surface area contributed by atoms with Crippen molar-refractivity contribution in [2.75, 3.05) is 36.1 Å². The number of hydrogen-bond acceptors (Lipinski definition) is 8. The van der Waals surface area contributed by atoms with Gasteiger partial charge in [0.15, 0.2) is 5.82 Å². The van der Waals surface area contributed by atoms with Gasteiger partial charge in [-0.1, -0.05) is 18.2 Å². The van der Waals surface area contributed by atoms with Crippen LogP contribution in [0.1, 0.15) is 20.7 Å². The number of benzene rings is 2. The van der Waals surface area contributed by atoms with E-state index in [1.165, 1.54) is 13.3 Å². The van der Waals surface area contributed by atoms with Crippen molar-refractivity contribution in [1.29, 1.82) is 0 Å². The third-order valence-corrected chi connectivity index (χ3v) is 5.40. The zero-order valence-corrected chi connectivity index (χ0v) is 19.9. The van der Waals surface area contributed by atoms with E-state index in [9.17, 15) is 14.4 Å². The summed E-state index contributed by atoms with van der Waals surface area (Å²) >= 11 is 6.31. The van der Waals surface area contributed by atoms with Gasteiger partial charge in [0.1, 0.15) is 10.8 Å². The second-order valence-corrected chi connectivity index (χ2v) is 7.93. The molecule has 36 heavy (non-hydrogen) atoms. The number of rotatable bonds is 3. The van der Waals surface area contributed by atoms with Crippen LogP contribution in [0, 0.1) is 0 Å². The summed E-state index contributed by atoms with van der Waals surface area (Å²) in [7, 11) is 1.48. The van der Waals surface area contributed by atoms with Crippen molar-refractivity contribution in [2.24, 2.45) is 0 Å². The molecule has 0 unspecified atom stereocenters. The minimum Gasteiger partial charge on any atom is -0.495 e. The SMILES string of the molecule is C=CC(=O)Nc1cc2ccc1C(=O)NCCNC(=O)c1ccc(c(OC)c1)Nc1ncc(Cl)c(n1)N2. The van der Waals surface area contributed by atoms with Crippen LogP contribution in [0.15, 0.2) is 55.3 Å². The summed E-state index contributed by atoms with van der Waals surface area (Å²) in [6.45, 7) is 3.79. The Morgan fingerprint density at radius 1 is 1.11 bits per heavy atom. The summed E-state index contributed by atoms with van der Waals surface area (Å²) in [6.07, 6.45) is 2.51. The van der Waals surface area contributed by atoms with Crippen molar-refractivity contribution in [3.8, 4) is 5.75 Å². The highest BCUT2D eigenvalue weighted by Crippen LogP contribution is 2.31. The highest BCUT2D eigenvalue weighted by molar-refractivity contribution is 6.33. The first kappa shape index (κ1) is 24.5. The smallest absolute Gasteiger partial charge is 0.253 e. The lowest BCUT2D eigenvalue weighted by Crippen LogP contribution is -2.35. The molecule has 7 rings (SSSR count). The van der Waals surface area contributed by atoms with E-state index in [1.54, 1.807) is 36.4 Å². The van der Waals surface area contributed by atoms with Crippen LogP contribution in [0.2, 0.25) is 5.02 Å². The van der Waals surface area contributed by atoms with Crippen molar-refractivity contribution in [3.05, 3.63) is 71.4 Å². The molecule has 184 valence electrons. The van der Waals surface area contributed by atoms with Gasteiger partial charge in [-0.2, -0.15) is 4.98 Å². The van der Waals surface area contributed by atoms with Crippen LogP contribution in [0.25, 0.3) is 0 Å². The zero-order chi connectivity index (χ0) is 25.7. The average molecular weight is 508 g/mol. The molecule has 1 aromatic heterocycles. The normalized spacial score (nSPS) is 13.2. The molecule has 6 bridgehead atoms. The van der Waals surface area contributed by atoms with Crippen LogP contribution < -0.4 is 31.3 Å². The maximum absolute atomic E-state index is 12.8. The molecule has 3 aromatic rings. The summed E-state index contributed by atoms with van der Waals surface area (Å²) < 4.78 is 5.42. The minimum absolute atomic E-state index is 0.160. The number of ether oxygens (including phenoxy) is 1. The third-order valence-electron chi connectivity index (χ3n) is 5.12. The summed E-state index contributed by atoms with van der Waals surface area (Å²) in [5.74, 6) is -0.376. The van der Waals surface area contributed by atoms with Gasteiger partial charge in [-0.3, -0.25) is 14.4 Å². The van der Waals surface area contributed by atoms with Gasteiger partial charge in [-0.25, -0.2) is 4.98 Å². The number of carbonyl (C=O) groups excluding carboxylic acids is 3. The van der Waals surface area contributed by atoms with Gasteiger partial charge in [0.25, 0.3) is 11.8 Å². The van der Waals surface area contributed by atoms with Gasteiger partial charge < -0.3 is 31.3 Å². The summed E-state index contributed by atoms with van der Waals surface area (Å²) in [6, 6.07) is 9.62. The van der Waals surface area contributed by atoms with Crippen molar-refractivity contribution in [1.82, 2.24) is 20.6 Å². The second kappa shape index (κ2) is 10.7. The van der Waals surface area contributed by atoms with Crippen LogP contribution in [0.4, 0.5) is 28.8 Å². The van der Waals surface area contributed by atoms with Crippen molar-refractivity contribution < 1.29 is 19.1 Å². The third kappa shape index (κ3) is 5.53. The molecule has 4 aliphatic rings. The number of methoxy groups -OCH3 is 1. The fraction of sp³-hybridized carbons (Fsp3) is 0.125. The quantitative estimate of drug-likeness (QED) is 0.340. The van der Waals surface area contributed by atoms with Gasteiger partial charge in [0, 0.05) is 24.3 Å². The molecule has 2 aromatic carbocycles. The van der Waals surface area contributed by atoms with Crippen LogP contribution in [-0.2, 0) is 4.79 Å². The molecule has 0 radical (unpaired) electrons. The molecular weight excluding hydrogens is 486 g/mol. The Kier molecular flexibility index (Phi) is 7.31. The average Bonchev–Trinajstić information content (AvgIpc) is 2.88. The maximum atomic E-state index is 12.8. The Hall–Kier alpha value is -4.64. The van der Waals surface area contributed by atoms with E-state index in [0.29, 0.717) is 22.7 Å². The Labute approximate surface area is 211 Å². The number of carbonyl (C=O) groups is 3. The van der Waals surface area contributed by atoms with Crippen LogP contribution in [-0.4, -0.2) is 47.9 Å². The highest BCUT2D eigenvalue weighted by atomic mass is 35.5. The molecule has 0 saturated carbocycles. The Balaban J connectivity index is 1.76. The highest BCUT2D eigenvalue weighted by Gasteiger charge is 2.16. The Morgan fingerprint density at radius 3 is 2.64 bits per heavy atom. The number of anilines is 5. The van der Waals surface area contributed by atoms with Gasteiger partial charge in [-0.15, -0.1) is 0 Å². The summed E-state index contributed by atoms with van der Waals surface area (Å²) in [5, 5.41) is 14.5. The first-order valence-electron chi connectivity index (χ1n) is 10.8. The number of amides is 3. The van der Waals surface area contributed by atoms with E-state index in [4.69, 9.17) is 16.3 Å². The molecule has 4 aliphatic heterocycles. The van der Waals surface area contributed by atoms with E-state index in [2.05, 4.69) is 43.1 Å². The lowest BCUT2D eigenvalue weighted by atomic mass is 10.1. The molecule has 0 aliphatic carbocycles. The maximum Gasteiger partial charge on any atom is 0.253 e. The first-order chi connectivity index (χ1) is 17.4. The summed E-state index contributed by atoms with van der Waals surface area (Å²) in [4.78, 5) is 46.0. The fourth-order valence-electron chi connectivity index (χ4n) is 3.36. The van der Waals surface area contributed by atoms with Crippen molar-refractivity contribution in [2.45, 2.75) is 0 Å².